The largest absolute Gasteiger partial charge is 0.342 e. The van der Waals surface area contributed by atoms with Crippen LogP contribution in [0.15, 0.2) is 47.4 Å². The molecule has 0 atom stereocenters. The Morgan fingerprint density at radius 3 is 2.81 bits per heavy atom. The van der Waals surface area contributed by atoms with Gasteiger partial charge in [0, 0.05) is 30.8 Å². The Kier molecular flexibility index (Phi) is 3.60. The summed E-state index contributed by atoms with van der Waals surface area (Å²) >= 11 is 0. The van der Waals surface area contributed by atoms with E-state index in [-0.39, 0.29) is 5.56 Å². The number of imidazole rings is 1. The maximum Gasteiger partial charge on any atom is 0.272 e. The third kappa shape index (κ3) is 2.70. The molecule has 3 aromatic heterocycles. The summed E-state index contributed by atoms with van der Waals surface area (Å²) in [5.74, 6) is 1.56. The number of para-hydroxylation sites is 2. The highest BCUT2D eigenvalue weighted by Gasteiger charge is 2.23. The molecule has 132 valence electrons. The van der Waals surface area contributed by atoms with Gasteiger partial charge in [-0.3, -0.25) is 14.8 Å². The van der Waals surface area contributed by atoms with Crippen molar-refractivity contribution in [2.75, 3.05) is 13.1 Å². The summed E-state index contributed by atoms with van der Waals surface area (Å²) < 4.78 is 1.46. The Labute approximate surface area is 149 Å². The Balaban J connectivity index is 1.28. The number of hydrogen-bond donors (Lipinski definition) is 2. The van der Waals surface area contributed by atoms with Crippen molar-refractivity contribution in [1.82, 2.24) is 29.5 Å². The van der Waals surface area contributed by atoms with Gasteiger partial charge in [0.15, 0.2) is 5.65 Å². The van der Waals surface area contributed by atoms with E-state index in [1.165, 1.54) is 4.52 Å². The molecule has 0 amide bonds. The number of aromatic amines is 2. The van der Waals surface area contributed by atoms with Gasteiger partial charge in [-0.2, -0.15) is 0 Å². The van der Waals surface area contributed by atoms with E-state index in [2.05, 4.69) is 26.0 Å². The average Bonchev–Trinajstić information content (AvgIpc) is 3.29. The highest BCUT2D eigenvalue weighted by atomic mass is 16.1. The predicted octanol–water partition coefficient (Wildman–Crippen LogP) is 2.28. The van der Waals surface area contributed by atoms with Crippen LogP contribution in [0.1, 0.15) is 30.3 Å². The number of aromatic nitrogens is 5. The lowest BCUT2D eigenvalue weighted by molar-refractivity contribution is 0.200. The first-order valence-corrected chi connectivity index (χ1v) is 8.99. The van der Waals surface area contributed by atoms with Gasteiger partial charge in [0.05, 0.1) is 16.7 Å². The number of H-pyrrole nitrogens is 2. The lowest BCUT2D eigenvalue weighted by Crippen LogP contribution is -2.33. The molecule has 26 heavy (non-hydrogen) atoms. The van der Waals surface area contributed by atoms with Crippen LogP contribution in [0.25, 0.3) is 16.7 Å². The molecule has 4 heterocycles. The Hall–Kier alpha value is -2.93. The lowest BCUT2D eigenvalue weighted by atomic mass is 9.96. The van der Waals surface area contributed by atoms with Crippen molar-refractivity contribution in [2.45, 2.75) is 25.3 Å². The summed E-state index contributed by atoms with van der Waals surface area (Å²) in [6.45, 7) is 2.68. The molecule has 1 fully saturated rings. The average molecular weight is 348 g/mol. The van der Waals surface area contributed by atoms with Crippen LogP contribution in [-0.4, -0.2) is 42.6 Å². The molecule has 0 spiro atoms. The number of fused-ring (bicyclic) bond motifs is 2. The number of likely N-dealkylation sites (tertiary alicyclic amines) is 1. The van der Waals surface area contributed by atoms with Crippen molar-refractivity contribution < 1.29 is 0 Å². The second-order valence-electron chi connectivity index (χ2n) is 6.93. The second kappa shape index (κ2) is 6.10. The van der Waals surface area contributed by atoms with E-state index in [0.717, 1.165) is 48.5 Å². The zero-order chi connectivity index (χ0) is 17.5. The predicted molar refractivity (Wildman–Crippen MR) is 99.2 cm³/mol. The molecule has 2 N–H and O–H groups in total. The molecule has 7 heteroatoms. The minimum absolute atomic E-state index is 0.0628. The molecule has 0 aliphatic carbocycles. The van der Waals surface area contributed by atoms with Crippen molar-refractivity contribution in [3.63, 3.8) is 0 Å². The minimum atomic E-state index is -0.0628. The van der Waals surface area contributed by atoms with Crippen LogP contribution in [0, 0.1) is 0 Å². The van der Waals surface area contributed by atoms with E-state index in [4.69, 9.17) is 4.98 Å². The fourth-order valence-electron chi connectivity index (χ4n) is 3.82. The maximum atomic E-state index is 12.1. The maximum absolute atomic E-state index is 12.1. The molecule has 0 radical (unpaired) electrons. The molecule has 7 nitrogen and oxygen atoms in total. The number of nitrogens with one attached hydrogen (secondary N) is 2. The number of benzene rings is 1. The molecule has 0 saturated carbocycles. The third-order valence-corrected chi connectivity index (χ3v) is 5.20. The van der Waals surface area contributed by atoms with Crippen molar-refractivity contribution >= 4 is 16.7 Å². The third-order valence-electron chi connectivity index (χ3n) is 5.20. The summed E-state index contributed by atoms with van der Waals surface area (Å²) in [5, 5.41) is 2.87. The first kappa shape index (κ1) is 15.3. The molecule has 1 aromatic carbocycles. The van der Waals surface area contributed by atoms with E-state index in [9.17, 15) is 4.79 Å². The standard InChI is InChI=1S/C19H20N6O/c26-18-11-14(21-17-5-8-20-25(17)18)12-24-9-6-13(7-10-24)19-22-15-3-1-2-4-16(15)23-19/h1-5,8,11,13,20H,6-7,9-10,12H2,(H,22,23). The second-order valence-corrected chi connectivity index (χ2v) is 6.93. The summed E-state index contributed by atoms with van der Waals surface area (Å²) in [6.07, 6.45) is 3.85. The SMILES string of the molecule is O=c1cc(CN2CCC(c3nc4ccccc4[nH]3)CC2)nc2cc[nH]n12. The van der Waals surface area contributed by atoms with Gasteiger partial charge in [0.25, 0.3) is 5.56 Å². The number of piperidine rings is 1. The highest BCUT2D eigenvalue weighted by Crippen LogP contribution is 2.28. The smallest absolute Gasteiger partial charge is 0.272 e. The molecule has 0 unspecified atom stereocenters. The molecular formula is C19H20N6O. The summed E-state index contributed by atoms with van der Waals surface area (Å²) in [4.78, 5) is 27.2. The van der Waals surface area contributed by atoms with Crippen LogP contribution in [0.3, 0.4) is 0 Å². The molecular weight excluding hydrogens is 328 g/mol. The Bertz CT molecular complexity index is 1080. The van der Waals surface area contributed by atoms with Crippen LogP contribution in [0.5, 0.6) is 0 Å². The van der Waals surface area contributed by atoms with Gasteiger partial charge in [-0.15, -0.1) is 0 Å². The molecule has 0 bridgehead atoms. The summed E-state index contributed by atoms with van der Waals surface area (Å²) in [5.41, 5.74) is 3.58. The lowest BCUT2D eigenvalue weighted by Gasteiger charge is -2.30. The van der Waals surface area contributed by atoms with Gasteiger partial charge >= 0.3 is 0 Å². The van der Waals surface area contributed by atoms with Crippen LogP contribution in [-0.2, 0) is 6.54 Å². The number of hydrogen-bond acceptors (Lipinski definition) is 4. The summed E-state index contributed by atoms with van der Waals surface area (Å²) in [7, 11) is 0. The normalized spacial score (nSPS) is 16.6. The summed E-state index contributed by atoms with van der Waals surface area (Å²) in [6, 6.07) is 11.6. The van der Waals surface area contributed by atoms with Crippen LogP contribution in [0.4, 0.5) is 0 Å². The molecule has 1 aliphatic rings. The molecule has 1 aliphatic heterocycles. The first-order chi connectivity index (χ1) is 12.8. The Morgan fingerprint density at radius 2 is 1.96 bits per heavy atom. The zero-order valence-electron chi connectivity index (χ0n) is 14.4. The number of rotatable bonds is 3. The van der Waals surface area contributed by atoms with Crippen molar-refractivity contribution in [2.24, 2.45) is 0 Å². The highest BCUT2D eigenvalue weighted by molar-refractivity contribution is 5.74. The van der Waals surface area contributed by atoms with Gasteiger partial charge in [-0.05, 0) is 38.1 Å². The van der Waals surface area contributed by atoms with Gasteiger partial charge in [-0.1, -0.05) is 12.1 Å². The van der Waals surface area contributed by atoms with Gasteiger partial charge in [0.2, 0.25) is 0 Å². The van der Waals surface area contributed by atoms with Crippen LogP contribution < -0.4 is 5.56 Å². The van der Waals surface area contributed by atoms with Gasteiger partial charge in [-0.25, -0.2) is 14.5 Å². The van der Waals surface area contributed by atoms with Crippen molar-refractivity contribution in [1.29, 1.82) is 0 Å². The topological polar surface area (TPSA) is 82.1 Å². The fraction of sp³-hybridized carbons (Fsp3) is 0.316. The first-order valence-electron chi connectivity index (χ1n) is 8.99. The van der Waals surface area contributed by atoms with E-state index >= 15 is 0 Å². The molecule has 1 saturated heterocycles. The Morgan fingerprint density at radius 1 is 1.12 bits per heavy atom. The van der Waals surface area contributed by atoms with E-state index in [1.807, 2.05) is 24.3 Å². The van der Waals surface area contributed by atoms with Gasteiger partial charge < -0.3 is 4.98 Å². The van der Waals surface area contributed by atoms with Crippen molar-refractivity contribution in [3.8, 4) is 0 Å². The van der Waals surface area contributed by atoms with Crippen LogP contribution in [0.2, 0.25) is 0 Å². The minimum Gasteiger partial charge on any atom is -0.342 e. The molecule has 5 rings (SSSR count). The molecule has 4 aromatic rings. The zero-order valence-corrected chi connectivity index (χ0v) is 14.4. The number of nitrogens with zero attached hydrogens (tertiary/aromatic N) is 4. The van der Waals surface area contributed by atoms with Gasteiger partial charge in [0.1, 0.15) is 5.82 Å². The van der Waals surface area contributed by atoms with E-state index in [1.54, 1.807) is 12.3 Å². The van der Waals surface area contributed by atoms with E-state index < -0.39 is 0 Å². The monoisotopic (exact) mass is 348 g/mol. The quantitative estimate of drug-likeness (QED) is 0.595. The van der Waals surface area contributed by atoms with Crippen LogP contribution >= 0.6 is 0 Å². The fourth-order valence-corrected chi connectivity index (χ4v) is 3.82. The van der Waals surface area contributed by atoms with Crippen molar-refractivity contribution in [3.05, 3.63) is 64.5 Å². The van der Waals surface area contributed by atoms with E-state index in [0.29, 0.717) is 18.1 Å².